The number of amides is 1. The summed E-state index contributed by atoms with van der Waals surface area (Å²) in [6, 6.07) is 6.29. The average molecular weight is 421 g/mol. The first-order valence-corrected chi connectivity index (χ1v) is 12.4. The van der Waals surface area contributed by atoms with Crippen LogP contribution >= 0.6 is 0 Å². The number of anilines is 1. The van der Waals surface area contributed by atoms with Crippen molar-refractivity contribution in [3.05, 3.63) is 24.3 Å². The molecular weight excluding hydrogens is 388 g/mol. The molecule has 29 heavy (non-hydrogen) atoms. The number of carbonyl (C=O) groups excluding carboxylic acids is 1. The molecule has 0 aromatic heterocycles. The predicted molar refractivity (Wildman–Crippen MR) is 112 cm³/mol. The van der Waals surface area contributed by atoms with Crippen molar-refractivity contribution in [3.8, 4) is 0 Å². The lowest BCUT2D eigenvalue weighted by atomic mass is 9.84. The molecule has 3 aliphatic carbocycles. The summed E-state index contributed by atoms with van der Waals surface area (Å²) >= 11 is 0. The van der Waals surface area contributed by atoms with Crippen LogP contribution in [0.3, 0.4) is 0 Å². The number of hydrogen-bond acceptors (Lipinski definition) is 4. The molecule has 4 atom stereocenters. The quantitative estimate of drug-likeness (QED) is 0.672. The average Bonchev–Trinajstić information content (AvgIpc) is 3.44. The summed E-state index contributed by atoms with van der Waals surface area (Å²) < 4.78 is 34.0. The monoisotopic (exact) mass is 420 g/mol. The zero-order valence-electron chi connectivity index (χ0n) is 17.1. The fraction of sp³-hybridized carbons (Fsp3) is 0.682. The number of sulfonamides is 1. The molecule has 0 saturated heterocycles. The smallest absolute Gasteiger partial charge is 0.250 e. The highest BCUT2D eigenvalue weighted by molar-refractivity contribution is 7.89. The van der Waals surface area contributed by atoms with Crippen molar-refractivity contribution in [2.45, 2.75) is 75.3 Å². The van der Waals surface area contributed by atoms with Crippen LogP contribution in [0.2, 0.25) is 0 Å². The van der Waals surface area contributed by atoms with Crippen molar-refractivity contribution in [2.24, 2.45) is 17.8 Å². The van der Waals surface area contributed by atoms with Crippen LogP contribution in [0.5, 0.6) is 0 Å². The third-order valence-electron chi connectivity index (χ3n) is 6.98. The van der Waals surface area contributed by atoms with E-state index in [0.29, 0.717) is 17.5 Å². The zero-order valence-corrected chi connectivity index (χ0v) is 17.9. The normalized spacial score (nSPS) is 28.0. The minimum absolute atomic E-state index is 0.0351. The van der Waals surface area contributed by atoms with Crippen LogP contribution in [0.15, 0.2) is 29.2 Å². The first kappa shape index (κ1) is 20.8. The second kappa shape index (κ2) is 8.74. The van der Waals surface area contributed by atoms with E-state index in [0.717, 1.165) is 38.0 Å². The van der Waals surface area contributed by atoms with E-state index in [9.17, 15) is 13.2 Å². The Hall–Kier alpha value is -1.44. The van der Waals surface area contributed by atoms with Gasteiger partial charge in [0.2, 0.25) is 15.9 Å². The van der Waals surface area contributed by atoms with Gasteiger partial charge in [-0.25, -0.2) is 13.1 Å². The molecule has 0 radical (unpaired) electrons. The number of ether oxygens (including phenoxy) is 1. The maximum atomic E-state index is 12.8. The summed E-state index contributed by atoms with van der Waals surface area (Å²) in [5, 5.41) is 2.77. The predicted octanol–water partition coefficient (Wildman–Crippen LogP) is 3.69. The largest absolute Gasteiger partial charge is 0.368 e. The molecule has 1 aromatic rings. The van der Waals surface area contributed by atoms with E-state index in [-0.39, 0.29) is 29.6 Å². The molecule has 3 saturated carbocycles. The van der Waals surface area contributed by atoms with Crippen LogP contribution in [-0.4, -0.2) is 33.1 Å². The Bertz CT molecular complexity index is 818. The molecule has 2 N–H and O–H groups in total. The lowest BCUT2D eigenvalue weighted by Crippen LogP contribution is -2.40. The Labute approximate surface area is 173 Å². The highest BCUT2D eigenvalue weighted by Gasteiger charge is 2.42. The van der Waals surface area contributed by atoms with Gasteiger partial charge < -0.3 is 10.1 Å². The van der Waals surface area contributed by atoms with Gasteiger partial charge in [-0.1, -0.05) is 19.3 Å². The molecule has 0 heterocycles. The van der Waals surface area contributed by atoms with Gasteiger partial charge in [0.25, 0.3) is 0 Å². The second-order valence-electron chi connectivity index (χ2n) is 9.04. The first-order chi connectivity index (χ1) is 13.9. The standard InChI is InChI=1S/C22H32N2O4S/c1-15(21-13-16-6-7-17(21)12-16)24-29(26,27)20-10-8-18(9-11-20)23-22(25)14-28-19-4-2-3-5-19/h8-11,15-17,19,21,24H,2-7,12-14H2,1H3,(H,23,25)/t15-,16-,17-,21-/m0/s1. The lowest BCUT2D eigenvalue weighted by Gasteiger charge is -2.28. The van der Waals surface area contributed by atoms with Crippen molar-refractivity contribution in [1.29, 1.82) is 0 Å². The summed E-state index contributed by atoms with van der Waals surface area (Å²) in [5.74, 6) is 1.69. The third-order valence-corrected chi connectivity index (χ3v) is 8.55. The van der Waals surface area contributed by atoms with Gasteiger partial charge in [0.05, 0.1) is 11.0 Å². The number of carbonyl (C=O) groups is 1. The topological polar surface area (TPSA) is 84.5 Å². The molecule has 2 bridgehead atoms. The Balaban J connectivity index is 1.29. The summed E-state index contributed by atoms with van der Waals surface area (Å²) in [6.07, 6.45) is 9.50. The number of rotatable bonds is 8. The molecule has 1 aromatic carbocycles. The molecule has 1 amide bonds. The fourth-order valence-corrected chi connectivity index (χ4v) is 6.76. The third kappa shape index (κ3) is 5.01. The van der Waals surface area contributed by atoms with Crippen molar-refractivity contribution in [2.75, 3.05) is 11.9 Å². The fourth-order valence-electron chi connectivity index (χ4n) is 5.47. The van der Waals surface area contributed by atoms with E-state index in [2.05, 4.69) is 10.0 Å². The molecule has 160 valence electrons. The van der Waals surface area contributed by atoms with Crippen LogP contribution in [0.4, 0.5) is 5.69 Å². The minimum Gasteiger partial charge on any atom is -0.368 e. The summed E-state index contributed by atoms with van der Waals surface area (Å²) in [7, 11) is -3.57. The second-order valence-corrected chi connectivity index (χ2v) is 10.8. The lowest BCUT2D eigenvalue weighted by molar-refractivity contribution is -0.122. The highest BCUT2D eigenvalue weighted by atomic mass is 32.2. The molecule has 3 fully saturated rings. The zero-order chi connectivity index (χ0) is 20.4. The van der Waals surface area contributed by atoms with Gasteiger partial charge in [0.1, 0.15) is 6.61 Å². The van der Waals surface area contributed by atoms with Gasteiger partial charge in [-0.3, -0.25) is 4.79 Å². The number of nitrogens with one attached hydrogen (secondary N) is 2. The van der Waals surface area contributed by atoms with E-state index in [4.69, 9.17) is 4.74 Å². The molecule has 0 aliphatic heterocycles. The molecule has 7 heteroatoms. The van der Waals surface area contributed by atoms with Gasteiger partial charge in [0, 0.05) is 11.7 Å². The van der Waals surface area contributed by atoms with Crippen molar-refractivity contribution < 1.29 is 17.9 Å². The summed E-state index contributed by atoms with van der Waals surface area (Å²) in [5.41, 5.74) is 0.574. The van der Waals surface area contributed by atoms with E-state index < -0.39 is 10.0 Å². The number of benzene rings is 1. The van der Waals surface area contributed by atoms with E-state index in [1.165, 1.54) is 19.3 Å². The molecule has 0 unspecified atom stereocenters. The maximum absolute atomic E-state index is 12.8. The number of fused-ring (bicyclic) bond motifs is 2. The van der Waals surface area contributed by atoms with Gasteiger partial charge >= 0.3 is 0 Å². The Kier molecular flexibility index (Phi) is 6.27. The molecule has 3 aliphatic rings. The van der Waals surface area contributed by atoms with Crippen LogP contribution in [0, 0.1) is 17.8 Å². The molecule has 0 spiro atoms. The van der Waals surface area contributed by atoms with Crippen LogP contribution in [0.1, 0.15) is 58.3 Å². The van der Waals surface area contributed by atoms with E-state index in [1.807, 2.05) is 6.92 Å². The SMILES string of the molecule is C[C@H](NS(=O)(=O)c1ccc(NC(=O)COC2CCCC2)cc1)[C@@H]1C[C@H]2CC[C@H]1C2. The van der Waals surface area contributed by atoms with Crippen LogP contribution in [-0.2, 0) is 19.6 Å². The summed E-state index contributed by atoms with van der Waals surface area (Å²) in [4.78, 5) is 12.3. The van der Waals surface area contributed by atoms with Gasteiger partial charge in [-0.2, -0.15) is 0 Å². The first-order valence-electron chi connectivity index (χ1n) is 10.9. The number of hydrogen-bond donors (Lipinski definition) is 2. The van der Waals surface area contributed by atoms with Gasteiger partial charge in [-0.15, -0.1) is 0 Å². The van der Waals surface area contributed by atoms with E-state index in [1.54, 1.807) is 24.3 Å². The molecular formula is C22H32N2O4S. The Morgan fingerprint density at radius 1 is 1.10 bits per heavy atom. The Morgan fingerprint density at radius 3 is 2.45 bits per heavy atom. The minimum atomic E-state index is -3.57. The van der Waals surface area contributed by atoms with E-state index >= 15 is 0 Å². The van der Waals surface area contributed by atoms with Crippen molar-refractivity contribution in [3.63, 3.8) is 0 Å². The van der Waals surface area contributed by atoms with Crippen molar-refractivity contribution >= 4 is 21.6 Å². The highest BCUT2D eigenvalue weighted by Crippen LogP contribution is 2.49. The van der Waals surface area contributed by atoms with Gasteiger partial charge in [0.15, 0.2) is 0 Å². The van der Waals surface area contributed by atoms with Crippen molar-refractivity contribution in [1.82, 2.24) is 4.72 Å². The molecule has 6 nitrogen and oxygen atoms in total. The van der Waals surface area contributed by atoms with Gasteiger partial charge in [-0.05, 0) is 81.0 Å². The molecule has 4 rings (SSSR count). The Morgan fingerprint density at radius 2 is 1.83 bits per heavy atom. The summed E-state index contributed by atoms with van der Waals surface area (Å²) in [6.45, 7) is 2.02. The maximum Gasteiger partial charge on any atom is 0.250 e. The van der Waals surface area contributed by atoms with Crippen LogP contribution < -0.4 is 10.0 Å². The van der Waals surface area contributed by atoms with Crippen LogP contribution in [0.25, 0.3) is 0 Å².